The minimum atomic E-state index is -3.24. The third-order valence-electron chi connectivity index (χ3n) is 3.89. The SMILES string of the molecule is O=C(NNC(=O)C(F)F)c1cnc(NC2(c3cccc(F)c3)CC2)nc1. The lowest BCUT2D eigenvalue weighted by Crippen LogP contribution is -2.44. The van der Waals surface area contributed by atoms with Crippen molar-refractivity contribution in [3.05, 3.63) is 53.6 Å². The number of carbonyl (C=O) groups excluding carboxylic acids is 2. The molecule has 0 saturated heterocycles. The fraction of sp³-hybridized carbons (Fsp3) is 0.250. The molecular formula is C16H14F3N5O2. The molecule has 1 aromatic heterocycles. The van der Waals surface area contributed by atoms with Crippen LogP contribution in [0.25, 0.3) is 0 Å². The highest BCUT2D eigenvalue weighted by Gasteiger charge is 2.45. The highest BCUT2D eigenvalue weighted by Crippen LogP contribution is 2.47. The van der Waals surface area contributed by atoms with Gasteiger partial charge in [0.1, 0.15) is 5.82 Å². The van der Waals surface area contributed by atoms with Crippen LogP contribution in [0.1, 0.15) is 28.8 Å². The lowest BCUT2D eigenvalue weighted by molar-refractivity contribution is -0.132. The van der Waals surface area contributed by atoms with E-state index in [0.29, 0.717) is 0 Å². The van der Waals surface area contributed by atoms with Crippen molar-refractivity contribution in [2.24, 2.45) is 0 Å². The van der Waals surface area contributed by atoms with Crippen LogP contribution >= 0.6 is 0 Å². The van der Waals surface area contributed by atoms with Crippen LogP contribution in [0.3, 0.4) is 0 Å². The summed E-state index contributed by atoms with van der Waals surface area (Å²) in [5.74, 6) is -2.56. The maximum absolute atomic E-state index is 13.4. The van der Waals surface area contributed by atoms with Crippen molar-refractivity contribution in [3.63, 3.8) is 0 Å². The standard InChI is InChI=1S/C16H14F3N5O2/c17-11-3-1-2-10(6-11)16(4-5-16)22-15-20-7-9(8-21-15)13(25)23-24-14(26)12(18)19/h1-3,6-8,12H,4-5H2,(H,23,25)(H,24,26)(H,20,21,22). The van der Waals surface area contributed by atoms with Crippen molar-refractivity contribution in [1.82, 2.24) is 20.8 Å². The van der Waals surface area contributed by atoms with Gasteiger partial charge in [-0.25, -0.2) is 14.4 Å². The van der Waals surface area contributed by atoms with Gasteiger partial charge < -0.3 is 5.32 Å². The Balaban J connectivity index is 1.63. The van der Waals surface area contributed by atoms with Gasteiger partial charge in [0, 0.05) is 12.4 Å². The number of hydrazine groups is 1. The molecule has 1 saturated carbocycles. The molecule has 0 bridgehead atoms. The Kier molecular flexibility index (Phi) is 4.74. The number of carbonyl (C=O) groups is 2. The van der Waals surface area contributed by atoms with Gasteiger partial charge in [0.05, 0.1) is 11.1 Å². The van der Waals surface area contributed by atoms with E-state index in [4.69, 9.17) is 0 Å². The van der Waals surface area contributed by atoms with Crippen molar-refractivity contribution in [2.45, 2.75) is 24.8 Å². The largest absolute Gasteiger partial charge is 0.345 e. The van der Waals surface area contributed by atoms with Crippen molar-refractivity contribution < 1.29 is 22.8 Å². The summed E-state index contributed by atoms with van der Waals surface area (Å²) in [5.41, 5.74) is 3.71. The number of nitrogens with one attached hydrogen (secondary N) is 3. The Bertz CT molecular complexity index is 825. The van der Waals surface area contributed by atoms with E-state index in [1.54, 1.807) is 17.6 Å². The summed E-state index contributed by atoms with van der Waals surface area (Å²) >= 11 is 0. The first kappa shape index (κ1) is 17.6. The molecule has 0 atom stereocenters. The zero-order valence-corrected chi connectivity index (χ0v) is 13.3. The Labute approximate surface area is 146 Å². The molecule has 0 spiro atoms. The molecule has 3 rings (SSSR count). The Morgan fingerprint density at radius 2 is 1.81 bits per heavy atom. The molecule has 1 aromatic carbocycles. The smallest absolute Gasteiger partial charge is 0.317 e. The minimum Gasteiger partial charge on any atom is -0.345 e. The van der Waals surface area contributed by atoms with E-state index in [9.17, 15) is 22.8 Å². The molecule has 1 aliphatic rings. The molecule has 3 N–H and O–H groups in total. The van der Waals surface area contributed by atoms with Crippen LogP contribution in [0.4, 0.5) is 19.1 Å². The molecular weight excluding hydrogens is 351 g/mol. The van der Waals surface area contributed by atoms with Crippen LogP contribution < -0.4 is 16.2 Å². The van der Waals surface area contributed by atoms with Crippen molar-refractivity contribution in [2.75, 3.05) is 5.32 Å². The van der Waals surface area contributed by atoms with Crippen LogP contribution in [0.2, 0.25) is 0 Å². The van der Waals surface area contributed by atoms with E-state index in [0.717, 1.165) is 18.4 Å². The second-order valence-corrected chi connectivity index (χ2v) is 5.76. The molecule has 10 heteroatoms. The first-order chi connectivity index (χ1) is 12.4. The van der Waals surface area contributed by atoms with Crippen LogP contribution in [0.15, 0.2) is 36.7 Å². The first-order valence-corrected chi connectivity index (χ1v) is 7.64. The summed E-state index contributed by atoms with van der Waals surface area (Å²) in [4.78, 5) is 30.4. The summed E-state index contributed by atoms with van der Waals surface area (Å²) < 4.78 is 37.5. The zero-order chi connectivity index (χ0) is 18.7. The zero-order valence-electron chi connectivity index (χ0n) is 13.3. The Hall–Kier alpha value is -3.17. The van der Waals surface area contributed by atoms with E-state index in [1.807, 2.05) is 5.43 Å². The number of benzene rings is 1. The van der Waals surface area contributed by atoms with Crippen molar-refractivity contribution >= 4 is 17.8 Å². The minimum absolute atomic E-state index is 0.0271. The molecule has 1 heterocycles. The number of hydrogen-bond acceptors (Lipinski definition) is 5. The van der Waals surface area contributed by atoms with Gasteiger partial charge in [-0.3, -0.25) is 20.4 Å². The van der Waals surface area contributed by atoms with Crippen LogP contribution in [0.5, 0.6) is 0 Å². The molecule has 1 fully saturated rings. The van der Waals surface area contributed by atoms with Crippen LogP contribution in [-0.2, 0) is 10.3 Å². The first-order valence-electron chi connectivity index (χ1n) is 7.64. The monoisotopic (exact) mass is 365 g/mol. The third-order valence-corrected chi connectivity index (χ3v) is 3.89. The predicted octanol–water partition coefficient (Wildman–Crippen LogP) is 1.74. The van der Waals surface area contributed by atoms with E-state index in [1.165, 1.54) is 24.5 Å². The van der Waals surface area contributed by atoms with Gasteiger partial charge in [-0.05, 0) is 30.5 Å². The van der Waals surface area contributed by atoms with Gasteiger partial charge in [-0.2, -0.15) is 8.78 Å². The number of hydrogen-bond donors (Lipinski definition) is 3. The van der Waals surface area contributed by atoms with E-state index in [2.05, 4.69) is 15.3 Å². The van der Waals surface area contributed by atoms with E-state index >= 15 is 0 Å². The number of alkyl halides is 2. The third kappa shape index (κ3) is 3.90. The van der Waals surface area contributed by atoms with Gasteiger partial charge in [-0.15, -0.1) is 0 Å². The lowest BCUT2D eigenvalue weighted by atomic mass is 10.1. The van der Waals surface area contributed by atoms with Gasteiger partial charge in [0.25, 0.3) is 5.91 Å². The highest BCUT2D eigenvalue weighted by molar-refractivity contribution is 5.95. The second kappa shape index (κ2) is 6.98. The maximum Gasteiger partial charge on any atom is 0.317 e. The molecule has 136 valence electrons. The van der Waals surface area contributed by atoms with Gasteiger partial charge in [-0.1, -0.05) is 12.1 Å². The number of aromatic nitrogens is 2. The fourth-order valence-corrected chi connectivity index (χ4v) is 2.37. The number of halogens is 3. The Morgan fingerprint density at radius 1 is 1.12 bits per heavy atom. The summed E-state index contributed by atoms with van der Waals surface area (Å²) in [7, 11) is 0. The van der Waals surface area contributed by atoms with Gasteiger partial charge in [0.2, 0.25) is 5.95 Å². The molecule has 2 amide bonds. The van der Waals surface area contributed by atoms with E-state index in [-0.39, 0.29) is 17.3 Å². The van der Waals surface area contributed by atoms with Crippen LogP contribution in [0, 0.1) is 5.82 Å². The maximum atomic E-state index is 13.4. The molecule has 1 aliphatic carbocycles. The quantitative estimate of drug-likeness (QED) is 0.702. The van der Waals surface area contributed by atoms with Crippen molar-refractivity contribution in [3.8, 4) is 0 Å². The Morgan fingerprint density at radius 3 is 2.38 bits per heavy atom. The van der Waals surface area contributed by atoms with Gasteiger partial charge in [0.15, 0.2) is 0 Å². The predicted molar refractivity (Wildman–Crippen MR) is 84.6 cm³/mol. The summed E-state index contributed by atoms with van der Waals surface area (Å²) in [6.45, 7) is 0. The highest BCUT2D eigenvalue weighted by atomic mass is 19.3. The summed E-state index contributed by atoms with van der Waals surface area (Å²) in [6, 6.07) is 6.22. The number of amides is 2. The number of anilines is 1. The molecule has 0 aliphatic heterocycles. The molecule has 26 heavy (non-hydrogen) atoms. The molecule has 0 unspecified atom stereocenters. The molecule has 0 radical (unpaired) electrons. The fourth-order valence-electron chi connectivity index (χ4n) is 2.37. The average molecular weight is 365 g/mol. The van der Waals surface area contributed by atoms with Gasteiger partial charge >= 0.3 is 12.3 Å². The molecule has 2 aromatic rings. The topological polar surface area (TPSA) is 96.0 Å². The average Bonchev–Trinajstić information content (AvgIpc) is 3.40. The van der Waals surface area contributed by atoms with Crippen LogP contribution in [-0.4, -0.2) is 28.2 Å². The normalized spacial score (nSPS) is 14.6. The summed E-state index contributed by atoms with van der Waals surface area (Å²) in [6.07, 6.45) is 0.682. The van der Waals surface area contributed by atoms with E-state index < -0.39 is 23.8 Å². The summed E-state index contributed by atoms with van der Waals surface area (Å²) in [5, 5.41) is 3.11. The number of rotatable bonds is 5. The molecule has 7 nitrogen and oxygen atoms in total. The van der Waals surface area contributed by atoms with Crippen molar-refractivity contribution in [1.29, 1.82) is 0 Å². The second-order valence-electron chi connectivity index (χ2n) is 5.76. The lowest BCUT2D eigenvalue weighted by Gasteiger charge is -2.18. The number of nitrogens with zero attached hydrogens (tertiary/aromatic N) is 2.